The zero-order valence-electron chi connectivity index (χ0n) is 17.3. The van der Waals surface area contributed by atoms with Crippen molar-refractivity contribution in [1.82, 2.24) is 20.1 Å². The molecule has 29 heavy (non-hydrogen) atoms. The van der Waals surface area contributed by atoms with Gasteiger partial charge in [-0.15, -0.1) is 0 Å². The number of hydrogen-bond acceptors (Lipinski definition) is 3. The van der Waals surface area contributed by atoms with Crippen molar-refractivity contribution in [2.45, 2.75) is 19.6 Å². The Hall–Kier alpha value is -3.18. The quantitative estimate of drug-likeness (QED) is 0.661. The van der Waals surface area contributed by atoms with Crippen molar-refractivity contribution in [2.75, 3.05) is 21.1 Å². The summed E-state index contributed by atoms with van der Waals surface area (Å²) in [5, 5.41) is 3.02. The third-order valence-corrected chi connectivity index (χ3v) is 4.68. The van der Waals surface area contributed by atoms with Crippen molar-refractivity contribution in [3.8, 4) is 11.1 Å². The molecule has 5 heteroatoms. The van der Waals surface area contributed by atoms with Crippen molar-refractivity contribution in [3.63, 3.8) is 0 Å². The van der Waals surface area contributed by atoms with Gasteiger partial charge in [0.25, 0.3) is 0 Å². The Morgan fingerprint density at radius 3 is 2.31 bits per heavy atom. The Balaban J connectivity index is 1.65. The van der Waals surface area contributed by atoms with E-state index in [1.54, 1.807) is 18.1 Å². The highest BCUT2D eigenvalue weighted by molar-refractivity contribution is 5.74. The Morgan fingerprint density at radius 1 is 0.897 bits per heavy atom. The van der Waals surface area contributed by atoms with Crippen LogP contribution >= 0.6 is 0 Å². The molecule has 2 amide bonds. The maximum Gasteiger partial charge on any atom is 0.317 e. The number of pyridine rings is 1. The van der Waals surface area contributed by atoms with E-state index in [0.29, 0.717) is 13.1 Å². The summed E-state index contributed by atoms with van der Waals surface area (Å²) in [6.07, 6.45) is 1.74. The van der Waals surface area contributed by atoms with Crippen LogP contribution in [0.2, 0.25) is 0 Å². The molecule has 0 atom stereocenters. The van der Waals surface area contributed by atoms with E-state index in [9.17, 15) is 4.79 Å². The lowest BCUT2D eigenvalue weighted by Crippen LogP contribution is -2.36. The van der Waals surface area contributed by atoms with Gasteiger partial charge in [-0.25, -0.2) is 4.79 Å². The molecule has 0 aliphatic carbocycles. The molecule has 0 saturated heterocycles. The molecule has 0 radical (unpaired) electrons. The van der Waals surface area contributed by atoms with Crippen LogP contribution in [0.25, 0.3) is 11.1 Å². The predicted molar refractivity (Wildman–Crippen MR) is 117 cm³/mol. The minimum atomic E-state index is -0.119. The summed E-state index contributed by atoms with van der Waals surface area (Å²) in [4.78, 5) is 20.6. The fraction of sp³-hybridized carbons (Fsp3) is 0.250. The van der Waals surface area contributed by atoms with Crippen LogP contribution in [-0.2, 0) is 19.6 Å². The number of amides is 2. The number of nitrogens with zero attached hydrogens (tertiary/aromatic N) is 3. The van der Waals surface area contributed by atoms with Crippen molar-refractivity contribution in [2.24, 2.45) is 0 Å². The van der Waals surface area contributed by atoms with E-state index >= 15 is 0 Å². The largest absolute Gasteiger partial charge is 0.334 e. The monoisotopic (exact) mass is 388 g/mol. The van der Waals surface area contributed by atoms with Gasteiger partial charge in [0.1, 0.15) is 0 Å². The second kappa shape index (κ2) is 9.85. The van der Waals surface area contributed by atoms with Gasteiger partial charge in [-0.05, 0) is 48.5 Å². The van der Waals surface area contributed by atoms with Gasteiger partial charge < -0.3 is 15.1 Å². The van der Waals surface area contributed by atoms with Crippen LogP contribution in [0.1, 0.15) is 16.8 Å². The van der Waals surface area contributed by atoms with Gasteiger partial charge in [0.05, 0.1) is 12.2 Å². The molecule has 0 aliphatic rings. The Labute approximate surface area is 173 Å². The molecule has 1 N–H and O–H groups in total. The number of nitrogens with one attached hydrogen (secondary N) is 1. The van der Waals surface area contributed by atoms with E-state index < -0.39 is 0 Å². The van der Waals surface area contributed by atoms with Gasteiger partial charge in [0.15, 0.2) is 0 Å². The highest BCUT2D eigenvalue weighted by Gasteiger charge is 2.11. The first kappa shape index (κ1) is 20.6. The molecule has 2 aromatic carbocycles. The van der Waals surface area contributed by atoms with Gasteiger partial charge in [0, 0.05) is 26.3 Å². The summed E-state index contributed by atoms with van der Waals surface area (Å²) in [5.74, 6) is 0. The first-order chi connectivity index (χ1) is 14.0. The van der Waals surface area contributed by atoms with E-state index in [0.717, 1.165) is 28.9 Å². The number of urea groups is 1. The number of carbonyl (C=O) groups excluding carboxylic acids is 1. The summed E-state index contributed by atoms with van der Waals surface area (Å²) in [5.41, 5.74) is 5.52. The van der Waals surface area contributed by atoms with Crippen molar-refractivity contribution in [1.29, 1.82) is 0 Å². The van der Waals surface area contributed by atoms with Crippen LogP contribution in [-0.4, -0.2) is 42.0 Å². The topological polar surface area (TPSA) is 48.5 Å². The van der Waals surface area contributed by atoms with Gasteiger partial charge in [0.2, 0.25) is 0 Å². The maximum atomic E-state index is 12.5. The fourth-order valence-corrected chi connectivity index (χ4v) is 3.22. The molecule has 1 heterocycles. The third kappa shape index (κ3) is 5.90. The Kier molecular flexibility index (Phi) is 6.98. The lowest BCUT2D eigenvalue weighted by Gasteiger charge is -2.18. The molecular formula is C24H28N4O. The van der Waals surface area contributed by atoms with Crippen LogP contribution in [0.5, 0.6) is 0 Å². The zero-order valence-corrected chi connectivity index (χ0v) is 17.3. The second-order valence-electron chi connectivity index (χ2n) is 7.43. The molecule has 0 bridgehead atoms. The summed E-state index contributed by atoms with van der Waals surface area (Å²) in [7, 11) is 5.91. The van der Waals surface area contributed by atoms with Gasteiger partial charge >= 0.3 is 6.03 Å². The minimum absolute atomic E-state index is 0.119. The third-order valence-electron chi connectivity index (χ3n) is 4.68. The lowest BCUT2D eigenvalue weighted by atomic mass is 9.98. The molecule has 0 saturated carbocycles. The number of carbonyl (C=O) groups is 1. The van der Waals surface area contributed by atoms with Crippen LogP contribution in [0.3, 0.4) is 0 Å². The maximum absolute atomic E-state index is 12.5. The van der Waals surface area contributed by atoms with E-state index in [2.05, 4.69) is 65.7 Å². The molecule has 0 fully saturated rings. The molecule has 0 unspecified atom stereocenters. The number of rotatable bonds is 7. The predicted octanol–water partition coefficient (Wildman–Crippen LogP) is 4.15. The highest BCUT2D eigenvalue weighted by Crippen LogP contribution is 2.24. The van der Waals surface area contributed by atoms with Crippen LogP contribution < -0.4 is 5.32 Å². The molecule has 5 nitrogen and oxygen atoms in total. The molecule has 150 valence electrons. The second-order valence-corrected chi connectivity index (χ2v) is 7.43. The van der Waals surface area contributed by atoms with Crippen LogP contribution in [0.4, 0.5) is 4.79 Å². The SMILES string of the molecule is CN(C)Cc1ccc(-c2ccccc2CNC(=O)N(C)Cc2ccccn2)cc1. The summed E-state index contributed by atoms with van der Waals surface area (Å²) < 4.78 is 0. The minimum Gasteiger partial charge on any atom is -0.334 e. The van der Waals surface area contributed by atoms with Crippen molar-refractivity contribution >= 4 is 6.03 Å². The lowest BCUT2D eigenvalue weighted by molar-refractivity contribution is 0.206. The average Bonchev–Trinajstić information content (AvgIpc) is 2.73. The van der Waals surface area contributed by atoms with E-state index in [1.165, 1.54) is 5.56 Å². The van der Waals surface area contributed by atoms with Gasteiger partial charge in [-0.2, -0.15) is 0 Å². The van der Waals surface area contributed by atoms with Gasteiger partial charge in [-0.3, -0.25) is 4.98 Å². The average molecular weight is 389 g/mol. The fourth-order valence-electron chi connectivity index (χ4n) is 3.22. The number of benzene rings is 2. The summed E-state index contributed by atoms with van der Waals surface area (Å²) >= 11 is 0. The Morgan fingerprint density at radius 2 is 1.62 bits per heavy atom. The first-order valence-electron chi connectivity index (χ1n) is 9.74. The highest BCUT2D eigenvalue weighted by atomic mass is 16.2. The van der Waals surface area contributed by atoms with Crippen molar-refractivity contribution in [3.05, 3.63) is 89.7 Å². The smallest absolute Gasteiger partial charge is 0.317 e. The molecule has 0 aliphatic heterocycles. The first-order valence-corrected chi connectivity index (χ1v) is 9.74. The van der Waals surface area contributed by atoms with Gasteiger partial charge in [-0.1, -0.05) is 54.6 Å². The molecule has 3 aromatic rings. The number of aromatic nitrogens is 1. The van der Waals surface area contributed by atoms with E-state index in [4.69, 9.17) is 0 Å². The molecule has 3 rings (SSSR count). The summed E-state index contributed by atoms with van der Waals surface area (Å²) in [6.45, 7) is 1.86. The Bertz CT molecular complexity index is 923. The molecule has 0 spiro atoms. The summed E-state index contributed by atoms with van der Waals surface area (Å²) in [6, 6.07) is 22.4. The van der Waals surface area contributed by atoms with Crippen molar-refractivity contribution < 1.29 is 4.79 Å². The molecule has 1 aromatic heterocycles. The standard InChI is InChI=1S/C24H28N4O/c1-27(2)17-19-11-13-20(14-12-19)23-10-5-4-8-21(23)16-26-24(29)28(3)18-22-9-6-7-15-25-22/h4-15H,16-18H2,1-3H3,(H,26,29). The van der Waals surface area contributed by atoms with E-state index in [1.807, 2.05) is 30.3 Å². The molecular weight excluding hydrogens is 360 g/mol. The van der Waals surface area contributed by atoms with E-state index in [-0.39, 0.29) is 6.03 Å². The van der Waals surface area contributed by atoms with Crippen LogP contribution in [0.15, 0.2) is 72.9 Å². The number of hydrogen-bond donors (Lipinski definition) is 1. The zero-order chi connectivity index (χ0) is 20.6. The normalized spacial score (nSPS) is 10.8. The van der Waals surface area contributed by atoms with Crippen LogP contribution in [0, 0.1) is 0 Å².